The van der Waals surface area contributed by atoms with Crippen molar-refractivity contribution in [2.75, 3.05) is 0 Å². The molecule has 0 saturated heterocycles. The third-order valence-corrected chi connectivity index (χ3v) is 4.97. The van der Waals surface area contributed by atoms with Crippen molar-refractivity contribution in [2.45, 2.75) is 19.0 Å². The van der Waals surface area contributed by atoms with Crippen LogP contribution in [0.4, 0.5) is 0 Å². The first kappa shape index (κ1) is 16.7. The minimum atomic E-state index is -0.0239. The molecule has 1 amide bonds. The normalized spacial score (nSPS) is 13.6. The Balaban J connectivity index is 1.44. The molecule has 1 fully saturated rings. The first-order valence-electron chi connectivity index (χ1n) is 9.35. The number of amides is 1. The first-order chi connectivity index (χ1) is 13.8. The van der Waals surface area contributed by atoms with Crippen molar-refractivity contribution in [3.63, 3.8) is 0 Å². The van der Waals surface area contributed by atoms with Crippen LogP contribution in [0.1, 0.15) is 22.5 Å². The van der Waals surface area contributed by atoms with E-state index in [4.69, 9.17) is 0 Å². The van der Waals surface area contributed by atoms with Gasteiger partial charge in [0, 0.05) is 47.3 Å². The van der Waals surface area contributed by atoms with Gasteiger partial charge in [0.05, 0.1) is 23.3 Å². The van der Waals surface area contributed by atoms with Crippen LogP contribution in [-0.2, 0) is 6.54 Å². The SMILES string of the molecule is O=C(NC1[CH]C1)c1cccc2ccn(Cc3ccc(-c4cccnc4)cn3)c12. The third kappa shape index (κ3) is 3.27. The van der Waals surface area contributed by atoms with Crippen molar-refractivity contribution in [1.29, 1.82) is 0 Å². The van der Waals surface area contributed by atoms with E-state index in [1.54, 1.807) is 6.20 Å². The summed E-state index contributed by atoms with van der Waals surface area (Å²) in [7, 11) is 0. The number of rotatable bonds is 5. The fourth-order valence-electron chi connectivity index (χ4n) is 3.41. The zero-order chi connectivity index (χ0) is 18.9. The number of carbonyl (C=O) groups excluding carboxylic acids is 1. The molecular formula is C23H19N4O. The standard InChI is InChI=1S/C23H19N4O/c28-23(26-19-8-9-19)21-5-1-3-16-10-12-27(22(16)21)15-20-7-6-18(14-25-20)17-4-2-11-24-13-17/h1-8,10-14,19H,9,15H2,(H,26,28). The van der Waals surface area contributed by atoms with E-state index in [0.29, 0.717) is 12.1 Å². The molecule has 1 unspecified atom stereocenters. The lowest BCUT2D eigenvalue weighted by molar-refractivity contribution is 0.0953. The molecule has 4 aromatic rings. The summed E-state index contributed by atoms with van der Waals surface area (Å²) in [5.74, 6) is -0.0239. The number of nitrogens with zero attached hydrogens (tertiary/aromatic N) is 3. The van der Waals surface area contributed by atoms with Gasteiger partial charge in [-0.2, -0.15) is 0 Å². The van der Waals surface area contributed by atoms with Crippen molar-refractivity contribution in [1.82, 2.24) is 19.9 Å². The number of pyridine rings is 2. The second-order valence-electron chi connectivity index (χ2n) is 7.02. The Labute approximate surface area is 163 Å². The summed E-state index contributed by atoms with van der Waals surface area (Å²) in [6, 6.07) is 16.1. The van der Waals surface area contributed by atoms with E-state index >= 15 is 0 Å². The zero-order valence-electron chi connectivity index (χ0n) is 15.2. The van der Waals surface area contributed by atoms with Crippen LogP contribution < -0.4 is 5.32 Å². The summed E-state index contributed by atoms with van der Waals surface area (Å²) >= 11 is 0. The molecular weight excluding hydrogens is 348 g/mol. The minimum Gasteiger partial charge on any atom is -0.349 e. The molecule has 1 aliphatic rings. The van der Waals surface area contributed by atoms with Gasteiger partial charge in [-0.25, -0.2) is 0 Å². The van der Waals surface area contributed by atoms with Crippen molar-refractivity contribution < 1.29 is 4.79 Å². The van der Waals surface area contributed by atoms with Gasteiger partial charge in [0.25, 0.3) is 5.91 Å². The van der Waals surface area contributed by atoms with E-state index in [1.165, 1.54) is 0 Å². The predicted molar refractivity (Wildman–Crippen MR) is 109 cm³/mol. The second-order valence-corrected chi connectivity index (χ2v) is 7.02. The molecule has 1 N–H and O–H groups in total. The molecule has 5 heteroatoms. The van der Waals surface area contributed by atoms with Crippen LogP contribution in [0.25, 0.3) is 22.0 Å². The van der Waals surface area contributed by atoms with Gasteiger partial charge in [0.2, 0.25) is 0 Å². The van der Waals surface area contributed by atoms with Crippen molar-refractivity contribution >= 4 is 16.8 Å². The Morgan fingerprint density at radius 1 is 1.07 bits per heavy atom. The third-order valence-electron chi connectivity index (χ3n) is 4.97. The number of benzene rings is 1. The van der Waals surface area contributed by atoms with E-state index < -0.39 is 0 Å². The zero-order valence-corrected chi connectivity index (χ0v) is 15.2. The van der Waals surface area contributed by atoms with E-state index in [-0.39, 0.29) is 11.9 Å². The number of para-hydroxylation sites is 1. The van der Waals surface area contributed by atoms with Gasteiger partial charge in [0.1, 0.15) is 0 Å². The average molecular weight is 367 g/mol. The fraction of sp³-hybridized carbons (Fsp3) is 0.130. The highest BCUT2D eigenvalue weighted by molar-refractivity contribution is 6.06. The topological polar surface area (TPSA) is 59.8 Å². The number of hydrogen-bond acceptors (Lipinski definition) is 3. The maximum atomic E-state index is 12.6. The van der Waals surface area contributed by atoms with Crippen LogP contribution in [0.15, 0.2) is 73.3 Å². The molecule has 1 saturated carbocycles. The van der Waals surface area contributed by atoms with Gasteiger partial charge in [-0.05, 0) is 37.1 Å². The highest BCUT2D eigenvalue weighted by Gasteiger charge is 2.25. The van der Waals surface area contributed by atoms with E-state index in [2.05, 4.69) is 32.3 Å². The highest BCUT2D eigenvalue weighted by Crippen LogP contribution is 2.24. The number of carbonyl (C=O) groups is 1. The molecule has 3 heterocycles. The summed E-state index contributed by atoms with van der Waals surface area (Å²) in [4.78, 5) is 21.4. The molecule has 5 rings (SSSR count). The van der Waals surface area contributed by atoms with Gasteiger partial charge in [-0.1, -0.05) is 24.3 Å². The molecule has 0 aliphatic heterocycles. The molecule has 28 heavy (non-hydrogen) atoms. The molecule has 1 aliphatic carbocycles. The van der Waals surface area contributed by atoms with Gasteiger partial charge >= 0.3 is 0 Å². The van der Waals surface area contributed by atoms with E-state index in [1.807, 2.05) is 61.1 Å². The van der Waals surface area contributed by atoms with Crippen LogP contribution in [0, 0.1) is 6.42 Å². The second kappa shape index (κ2) is 6.93. The Kier molecular flexibility index (Phi) is 4.13. The Morgan fingerprint density at radius 3 is 2.71 bits per heavy atom. The molecule has 1 aromatic carbocycles. The lowest BCUT2D eigenvalue weighted by Gasteiger charge is -2.10. The van der Waals surface area contributed by atoms with Crippen LogP contribution in [0.3, 0.4) is 0 Å². The lowest BCUT2D eigenvalue weighted by atomic mass is 10.1. The monoisotopic (exact) mass is 367 g/mol. The molecule has 1 atom stereocenters. The van der Waals surface area contributed by atoms with E-state index in [9.17, 15) is 4.79 Å². The minimum absolute atomic E-state index is 0.0239. The number of aromatic nitrogens is 3. The molecule has 3 aromatic heterocycles. The number of fused-ring (bicyclic) bond motifs is 1. The van der Waals surface area contributed by atoms with Crippen molar-refractivity contribution in [3.8, 4) is 11.1 Å². The van der Waals surface area contributed by atoms with Crippen molar-refractivity contribution in [2.24, 2.45) is 0 Å². The average Bonchev–Trinajstić information content (AvgIpc) is 3.47. The van der Waals surface area contributed by atoms with Gasteiger partial charge in [-0.3, -0.25) is 14.8 Å². The molecule has 5 nitrogen and oxygen atoms in total. The quantitative estimate of drug-likeness (QED) is 0.583. The molecule has 0 bridgehead atoms. The van der Waals surface area contributed by atoms with Crippen LogP contribution in [0.2, 0.25) is 0 Å². The van der Waals surface area contributed by atoms with Crippen LogP contribution >= 0.6 is 0 Å². The summed E-state index contributed by atoms with van der Waals surface area (Å²) in [5.41, 5.74) is 4.67. The van der Waals surface area contributed by atoms with Gasteiger partial charge in [0.15, 0.2) is 0 Å². The lowest BCUT2D eigenvalue weighted by Crippen LogP contribution is -2.26. The van der Waals surface area contributed by atoms with E-state index in [0.717, 1.165) is 34.1 Å². The Morgan fingerprint density at radius 2 is 1.96 bits per heavy atom. The Hall–Kier alpha value is -3.47. The fourth-order valence-corrected chi connectivity index (χ4v) is 3.41. The number of hydrogen-bond donors (Lipinski definition) is 1. The number of nitrogens with one attached hydrogen (secondary N) is 1. The van der Waals surface area contributed by atoms with Crippen molar-refractivity contribution in [3.05, 3.63) is 91.0 Å². The molecule has 0 spiro atoms. The predicted octanol–water partition coefficient (Wildman–Crippen LogP) is 3.85. The van der Waals surface area contributed by atoms with Crippen LogP contribution in [0.5, 0.6) is 0 Å². The van der Waals surface area contributed by atoms with Crippen LogP contribution in [-0.4, -0.2) is 26.5 Å². The van der Waals surface area contributed by atoms with Gasteiger partial charge in [-0.15, -0.1) is 0 Å². The van der Waals surface area contributed by atoms with Gasteiger partial charge < -0.3 is 9.88 Å². The summed E-state index contributed by atoms with van der Waals surface area (Å²) in [5, 5.41) is 4.09. The smallest absolute Gasteiger partial charge is 0.253 e. The molecule has 1 radical (unpaired) electrons. The highest BCUT2D eigenvalue weighted by atomic mass is 16.1. The maximum Gasteiger partial charge on any atom is 0.253 e. The largest absolute Gasteiger partial charge is 0.349 e. The summed E-state index contributed by atoms with van der Waals surface area (Å²) in [6.07, 6.45) is 10.5. The summed E-state index contributed by atoms with van der Waals surface area (Å²) < 4.78 is 2.09. The Bertz CT molecular complexity index is 1130. The maximum absolute atomic E-state index is 12.6. The molecule has 137 valence electrons. The first-order valence-corrected chi connectivity index (χ1v) is 9.35. The summed E-state index contributed by atoms with van der Waals surface area (Å²) in [6.45, 7) is 0.608.